The average molecular weight is 190 g/mol. The minimum atomic E-state index is -0.639. The standard InChI is InChI=1S/C7H14N2O4/c10-2-1-8-7(12)9-5-3-13-4-6(5)11/h5-6,10-11H,1-4H2,(H2,8,9,12). The number of nitrogens with one attached hydrogen (secondary N) is 2. The SMILES string of the molecule is O=C(NCCO)NC1COCC1O. The van der Waals surface area contributed by atoms with E-state index in [4.69, 9.17) is 9.84 Å². The van der Waals surface area contributed by atoms with E-state index in [-0.39, 0.29) is 25.8 Å². The summed E-state index contributed by atoms with van der Waals surface area (Å²) in [6, 6.07) is -0.748. The Bertz CT molecular complexity index is 176. The lowest BCUT2D eigenvalue weighted by atomic mass is 10.2. The normalized spacial score (nSPS) is 27.2. The minimum Gasteiger partial charge on any atom is -0.395 e. The van der Waals surface area contributed by atoms with Crippen molar-refractivity contribution in [2.24, 2.45) is 0 Å². The molecule has 2 unspecified atom stereocenters. The van der Waals surface area contributed by atoms with Crippen LogP contribution in [0.25, 0.3) is 0 Å². The Morgan fingerprint density at radius 2 is 2.31 bits per heavy atom. The van der Waals surface area contributed by atoms with Crippen LogP contribution in [0.15, 0.2) is 0 Å². The lowest BCUT2D eigenvalue weighted by Crippen LogP contribution is -2.47. The van der Waals surface area contributed by atoms with E-state index in [1.165, 1.54) is 0 Å². The Kier molecular flexibility index (Phi) is 3.94. The van der Waals surface area contributed by atoms with Gasteiger partial charge in [0.1, 0.15) is 0 Å². The zero-order chi connectivity index (χ0) is 9.68. The van der Waals surface area contributed by atoms with E-state index >= 15 is 0 Å². The zero-order valence-corrected chi connectivity index (χ0v) is 7.19. The van der Waals surface area contributed by atoms with Crippen LogP contribution >= 0.6 is 0 Å². The van der Waals surface area contributed by atoms with Gasteiger partial charge in [-0.05, 0) is 0 Å². The first-order valence-corrected chi connectivity index (χ1v) is 4.15. The molecule has 4 N–H and O–H groups in total. The van der Waals surface area contributed by atoms with E-state index < -0.39 is 12.1 Å². The van der Waals surface area contributed by atoms with Gasteiger partial charge in [-0.1, -0.05) is 0 Å². The zero-order valence-electron chi connectivity index (χ0n) is 7.19. The maximum atomic E-state index is 11.0. The molecule has 0 saturated carbocycles. The van der Waals surface area contributed by atoms with Gasteiger partial charge in [-0.2, -0.15) is 0 Å². The molecular formula is C7H14N2O4. The molecule has 0 aliphatic carbocycles. The Morgan fingerprint density at radius 3 is 2.85 bits per heavy atom. The molecule has 1 rings (SSSR count). The van der Waals surface area contributed by atoms with Crippen molar-refractivity contribution in [1.29, 1.82) is 0 Å². The van der Waals surface area contributed by atoms with E-state index in [0.29, 0.717) is 6.61 Å². The van der Waals surface area contributed by atoms with Crippen LogP contribution in [0.5, 0.6) is 0 Å². The number of hydrogen-bond donors (Lipinski definition) is 4. The van der Waals surface area contributed by atoms with Gasteiger partial charge in [0, 0.05) is 6.54 Å². The number of aliphatic hydroxyl groups excluding tert-OH is 2. The molecule has 0 aromatic carbocycles. The quantitative estimate of drug-likeness (QED) is 0.416. The monoisotopic (exact) mass is 190 g/mol. The molecule has 6 nitrogen and oxygen atoms in total. The fraction of sp³-hybridized carbons (Fsp3) is 0.857. The Hall–Kier alpha value is -0.850. The highest BCUT2D eigenvalue weighted by molar-refractivity contribution is 5.74. The second-order valence-corrected chi connectivity index (χ2v) is 2.84. The van der Waals surface area contributed by atoms with E-state index in [0.717, 1.165) is 0 Å². The summed E-state index contributed by atoms with van der Waals surface area (Å²) in [5.74, 6) is 0. The second kappa shape index (κ2) is 5.00. The molecule has 1 heterocycles. The number of aliphatic hydroxyl groups is 2. The molecule has 13 heavy (non-hydrogen) atoms. The van der Waals surface area contributed by atoms with Crippen molar-refractivity contribution in [2.75, 3.05) is 26.4 Å². The summed E-state index contributed by atoms with van der Waals surface area (Å²) in [7, 11) is 0. The molecule has 0 bridgehead atoms. The van der Waals surface area contributed by atoms with Crippen molar-refractivity contribution in [2.45, 2.75) is 12.1 Å². The summed E-state index contributed by atoms with van der Waals surface area (Å²) in [6.07, 6.45) is -0.639. The fourth-order valence-electron chi connectivity index (χ4n) is 1.07. The molecule has 1 fully saturated rings. The van der Waals surface area contributed by atoms with Crippen LogP contribution in [0.3, 0.4) is 0 Å². The molecule has 1 saturated heterocycles. The maximum Gasteiger partial charge on any atom is 0.315 e. The summed E-state index contributed by atoms with van der Waals surface area (Å²) in [4.78, 5) is 11.0. The molecule has 2 amide bonds. The van der Waals surface area contributed by atoms with Crippen LogP contribution in [0.2, 0.25) is 0 Å². The minimum absolute atomic E-state index is 0.100. The van der Waals surface area contributed by atoms with Crippen molar-refractivity contribution >= 4 is 6.03 Å². The van der Waals surface area contributed by atoms with Crippen LogP contribution in [0.4, 0.5) is 4.79 Å². The van der Waals surface area contributed by atoms with Crippen LogP contribution < -0.4 is 10.6 Å². The molecule has 0 aromatic rings. The predicted molar refractivity (Wildman–Crippen MR) is 44.2 cm³/mol. The summed E-state index contributed by atoms with van der Waals surface area (Å²) in [6.45, 7) is 0.686. The predicted octanol–water partition coefficient (Wildman–Crippen LogP) is -1.96. The number of carbonyl (C=O) groups is 1. The Balaban J connectivity index is 2.19. The first-order chi connectivity index (χ1) is 6.24. The van der Waals surface area contributed by atoms with Gasteiger partial charge in [-0.25, -0.2) is 4.79 Å². The van der Waals surface area contributed by atoms with Crippen molar-refractivity contribution in [1.82, 2.24) is 10.6 Å². The van der Waals surface area contributed by atoms with Gasteiger partial charge in [0.05, 0.1) is 32.0 Å². The van der Waals surface area contributed by atoms with Gasteiger partial charge >= 0.3 is 6.03 Å². The van der Waals surface area contributed by atoms with Gasteiger partial charge in [0.2, 0.25) is 0 Å². The molecule has 76 valence electrons. The van der Waals surface area contributed by atoms with Crippen LogP contribution in [-0.2, 0) is 4.74 Å². The maximum absolute atomic E-state index is 11.0. The lowest BCUT2D eigenvalue weighted by Gasteiger charge is -2.14. The molecule has 6 heteroatoms. The van der Waals surface area contributed by atoms with Crippen molar-refractivity contribution in [3.8, 4) is 0 Å². The third-order valence-electron chi connectivity index (χ3n) is 1.76. The third-order valence-corrected chi connectivity index (χ3v) is 1.76. The number of rotatable bonds is 3. The first kappa shape index (κ1) is 10.2. The number of hydrogen-bond acceptors (Lipinski definition) is 4. The molecular weight excluding hydrogens is 176 g/mol. The van der Waals surface area contributed by atoms with Crippen molar-refractivity contribution in [3.05, 3.63) is 0 Å². The molecule has 2 atom stereocenters. The van der Waals surface area contributed by atoms with Gasteiger partial charge < -0.3 is 25.6 Å². The third kappa shape index (κ3) is 3.17. The van der Waals surface area contributed by atoms with Gasteiger partial charge in [0.25, 0.3) is 0 Å². The smallest absolute Gasteiger partial charge is 0.315 e. The van der Waals surface area contributed by atoms with Gasteiger partial charge in [-0.3, -0.25) is 0 Å². The Morgan fingerprint density at radius 1 is 1.54 bits per heavy atom. The van der Waals surface area contributed by atoms with Crippen LogP contribution in [0, 0.1) is 0 Å². The van der Waals surface area contributed by atoms with E-state index in [9.17, 15) is 9.90 Å². The van der Waals surface area contributed by atoms with Crippen LogP contribution in [0.1, 0.15) is 0 Å². The second-order valence-electron chi connectivity index (χ2n) is 2.84. The number of amides is 2. The van der Waals surface area contributed by atoms with E-state index in [2.05, 4.69) is 10.6 Å². The summed E-state index contributed by atoms with van der Waals surface area (Å²) in [5.41, 5.74) is 0. The van der Waals surface area contributed by atoms with Gasteiger partial charge in [-0.15, -0.1) is 0 Å². The summed E-state index contributed by atoms with van der Waals surface area (Å²) >= 11 is 0. The molecule has 1 aliphatic heterocycles. The largest absolute Gasteiger partial charge is 0.395 e. The highest BCUT2D eigenvalue weighted by atomic mass is 16.5. The average Bonchev–Trinajstić information content (AvgIpc) is 2.48. The molecule has 0 aromatic heterocycles. The van der Waals surface area contributed by atoms with Gasteiger partial charge in [0.15, 0.2) is 0 Å². The van der Waals surface area contributed by atoms with Crippen molar-refractivity contribution in [3.63, 3.8) is 0 Å². The lowest BCUT2D eigenvalue weighted by molar-refractivity contribution is 0.122. The van der Waals surface area contributed by atoms with E-state index in [1.54, 1.807) is 0 Å². The summed E-state index contributed by atoms with van der Waals surface area (Å²) < 4.78 is 4.93. The number of urea groups is 1. The fourth-order valence-corrected chi connectivity index (χ4v) is 1.07. The molecule has 1 aliphatic rings. The first-order valence-electron chi connectivity index (χ1n) is 4.15. The number of ether oxygens (including phenoxy) is 1. The molecule has 0 radical (unpaired) electrons. The van der Waals surface area contributed by atoms with Crippen molar-refractivity contribution < 1.29 is 19.7 Å². The molecule has 0 spiro atoms. The topological polar surface area (TPSA) is 90.8 Å². The van der Waals surface area contributed by atoms with E-state index in [1.807, 2.05) is 0 Å². The number of carbonyl (C=O) groups excluding carboxylic acids is 1. The highest BCUT2D eigenvalue weighted by Gasteiger charge is 2.27. The van der Waals surface area contributed by atoms with Crippen LogP contribution in [-0.4, -0.2) is 54.8 Å². The Labute approximate surface area is 75.9 Å². The highest BCUT2D eigenvalue weighted by Crippen LogP contribution is 2.04. The summed E-state index contributed by atoms with van der Waals surface area (Å²) in [5, 5.41) is 22.6.